The molecule has 0 aromatic carbocycles. The highest BCUT2D eigenvalue weighted by atomic mass is 35.5. The van der Waals surface area contributed by atoms with Crippen LogP contribution in [0, 0.1) is 17.2 Å². The number of rotatable bonds is 7. The van der Waals surface area contributed by atoms with Crippen molar-refractivity contribution in [2.24, 2.45) is 5.92 Å². The first-order chi connectivity index (χ1) is 9.96. The van der Waals surface area contributed by atoms with Crippen molar-refractivity contribution in [3.63, 3.8) is 0 Å². The Morgan fingerprint density at radius 2 is 2.33 bits per heavy atom. The number of nitrogens with one attached hydrogen (secondary N) is 1. The van der Waals surface area contributed by atoms with Crippen LogP contribution in [0.1, 0.15) is 31.6 Å². The van der Waals surface area contributed by atoms with Crippen LogP contribution in [-0.2, 0) is 11.3 Å². The van der Waals surface area contributed by atoms with Gasteiger partial charge in [-0.15, -0.1) is 11.3 Å². The van der Waals surface area contributed by atoms with Crippen molar-refractivity contribution in [3.05, 3.63) is 21.3 Å². The van der Waals surface area contributed by atoms with Crippen molar-refractivity contribution in [3.8, 4) is 6.07 Å². The summed E-state index contributed by atoms with van der Waals surface area (Å²) >= 11 is 7.46. The summed E-state index contributed by atoms with van der Waals surface area (Å²) in [6.07, 6.45) is 2.05. The van der Waals surface area contributed by atoms with Gasteiger partial charge in [-0.2, -0.15) is 5.26 Å². The van der Waals surface area contributed by atoms with Crippen LogP contribution in [0.2, 0.25) is 4.34 Å². The van der Waals surface area contributed by atoms with Gasteiger partial charge in [0.25, 0.3) is 0 Å². The van der Waals surface area contributed by atoms with E-state index in [1.165, 1.54) is 11.3 Å². The summed E-state index contributed by atoms with van der Waals surface area (Å²) in [5.41, 5.74) is -0.720. The number of halogens is 1. The summed E-state index contributed by atoms with van der Waals surface area (Å²) in [6, 6.07) is 6.10. The van der Waals surface area contributed by atoms with Crippen LogP contribution in [0.3, 0.4) is 0 Å². The maximum Gasteiger partial charge on any atom is 0.235 e. The van der Waals surface area contributed by atoms with Gasteiger partial charge < -0.3 is 5.32 Å². The van der Waals surface area contributed by atoms with Crippen LogP contribution in [0.25, 0.3) is 0 Å². The van der Waals surface area contributed by atoms with Gasteiger partial charge in [0.05, 0.1) is 17.0 Å². The first-order valence-electron chi connectivity index (χ1n) is 7.15. The standard InChI is InChI=1S/C15H20ClN3OS/c1-3-19(8-12-6-7-13(16)21-12)9-14(20)18-15(2,10-17)11-4-5-11/h6-7,11H,3-5,8-9H2,1-2H3,(H,18,20). The number of nitrogens with zero attached hydrogens (tertiary/aromatic N) is 2. The smallest absolute Gasteiger partial charge is 0.235 e. The lowest BCUT2D eigenvalue weighted by Crippen LogP contribution is -2.50. The number of amides is 1. The third-order valence-electron chi connectivity index (χ3n) is 3.85. The molecule has 1 heterocycles. The molecule has 0 saturated heterocycles. The molecule has 1 unspecified atom stereocenters. The van der Waals surface area contributed by atoms with Gasteiger partial charge in [-0.25, -0.2) is 0 Å². The fourth-order valence-corrected chi connectivity index (χ4v) is 3.48. The molecular weight excluding hydrogens is 306 g/mol. The molecule has 0 radical (unpaired) electrons. The molecule has 1 aliphatic rings. The van der Waals surface area contributed by atoms with Gasteiger partial charge in [0.1, 0.15) is 5.54 Å². The largest absolute Gasteiger partial charge is 0.337 e. The Hall–Kier alpha value is -1.09. The Labute approximate surface area is 134 Å². The number of carbonyl (C=O) groups excluding carboxylic acids is 1. The molecule has 1 atom stereocenters. The lowest BCUT2D eigenvalue weighted by Gasteiger charge is -2.25. The van der Waals surface area contributed by atoms with Gasteiger partial charge in [-0.3, -0.25) is 9.69 Å². The lowest BCUT2D eigenvalue weighted by molar-refractivity contribution is -0.123. The molecule has 1 aromatic heterocycles. The molecule has 2 rings (SSSR count). The maximum absolute atomic E-state index is 12.2. The van der Waals surface area contributed by atoms with Gasteiger partial charge in [0, 0.05) is 11.4 Å². The van der Waals surface area contributed by atoms with Crippen molar-refractivity contribution >= 4 is 28.8 Å². The molecule has 1 amide bonds. The van der Waals surface area contributed by atoms with Crippen LogP contribution < -0.4 is 5.32 Å². The Kier molecular flexibility index (Phi) is 5.26. The van der Waals surface area contributed by atoms with Gasteiger partial charge in [0.2, 0.25) is 5.91 Å². The first kappa shape index (κ1) is 16.3. The van der Waals surface area contributed by atoms with Crippen LogP contribution in [0.5, 0.6) is 0 Å². The summed E-state index contributed by atoms with van der Waals surface area (Å²) in [5.74, 6) is 0.216. The molecule has 1 fully saturated rings. The first-order valence-corrected chi connectivity index (χ1v) is 8.35. The molecule has 21 heavy (non-hydrogen) atoms. The van der Waals surface area contributed by atoms with Gasteiger partial charge in [-0.05, 0) is 44.4 Å². The molecule has 1 N–H and O–H groups in total. The molecular formula is C15H20ClN3OS. The Morgan fingerprint density at radius 3 is 2.81 bits per heavy atom. The highest BCUT2D eigenvalue weighted by Gasteiger charge is 2.43. The average molecular weight is 326 g/mol. The normalized spacial score (nSPS) is 17.3. The molecule has 1 aromatic rings. The number of carbonyl (C=O) groups is 1. The van der Waals surface area contributed by atoms with Crippen molar-refractivity contribution in [2.45, 2.75) is 38.8 Å². The zero-order chi connectivity index (χ0) is 15.5. The second-order valence-electron chi connectivity index (χ2n) is 5.65. The predicted molar refractivity (Wildman–Crippen MR) is 85.2 cm³/mol. The van der Waals surface area contributed by atoms with E-state index < -0.39 is 5.54 Å². The second kappa shape index (κ2) is 6.78. The van der Waals surface area contributed by atoms with Crippen molar-refractivity contribution < 1.29 is 4.79 Å². The zero-order valence-corrected chi connectivity index (χ0v) is 13.9. The highest BCUT2D eigenvalue weighted by molar-refractivity contribution is 7.16. The lowest BCUT2D eigenvalue weighted by atomic mass is 9.98. The zero-order valence-electron chi connectivity index (χ0n) is 12.4. The van der Waals surface area contributed by atoms with E-state index in [9.17, 15) is 10.1 Å². The second-order valence-corrected chi connectivity index (χ2v) is 7.45. The van der Waals surface area contributed by atoms with Crippen LogP contribution in [0.15, 0.2) is 12.1 Å². The number of nitriles is 1. The predicted octanol–water partition coefficient (Wildman–Crippen LogP) is 3.03. The van der Waals surface area contributed by atoms with E-state index in [2.05, 4.69) is 11.4 Å². The average Bonchev–Trinajstić information content (AvgIpc) is 3.23. The van der Waals surface area contributed by atoms with Gasteiger partial charge >= 0.3 is 0 Å². The topological polar surface area (TPSA) is 56.1 Å². The molecule has 1 aliphatic carbocycles. The molecule has 6 heteroatoms. The van der Waals surface area contributed by atoms with Crippen LogP contribution >= 0.6 is 22.9 Å². The molecule has 0 spiro atoms. The van der Waals surface area contributed by atoms with E-state index in [4.69, 9.17) is 11.6 Å². The SMILES string of the molecule is CCN(CC(=O)NC(C)(C#N)C1CC1)Cc1ccc(Cl)s1. The van der Waals surface area contributed by atoms with E-state index >= 15 is 0 Å². The van der Waals surface area contributed by atoms with E-state index in [0.29, 0.717) is 19.0 Å². The minimum atomic E-state index is -0.720. The monoisotopic (exact) mass is 325 g/mol. The Morgan fingerprint density at radius 1 is 1.62 bits per heavy atom. The molecule has 0 bridgehead atoms. The summed E-state index contributed by atoms with van der Waals surface area (Å²) in [7, 11) is 0. The molecule has 0 aliphatic heterocycles. The Bertz CT molecular complexity index is 549. The molecule has 1 saturated carbocycles. The van der Waals surface area contributed by atoms with E-state index in [1.807, 2.05) is 30.9 Å². The summed E-state index contributed by atoms with van der Waals surface area (Å²) in [6.45, 7) is 5.62. The van der Waals surface area contributed by atoms with E-state index in [0.717, 1.165) is 28.6 Å². The number of hydrogen-bond acceptors (Lipinski definition) is 4. The van der Waals surface area contributed by atoms with Crippen molar-refractivity contribution in [1.82, 2.24) is 10.2 Å². The maximum atomic E-state index is 12.2. The van der Waals surface area contributed by atoms with Crippen LogP contribution in [0.4, 0.5) is 0 Å². The third kappa shape index (κ3) is 4.44. The van der Waals surface area contributed by atoms with E-state index in [-0.39, 0.29) is 5.91 Å². The third-order valence-corrected chi connectivity index (χ3v) is 5.06. The summed E-state index contributed by atoms with van der Waals surface area (Å²) in [5, 5.41) is 12.2. The molecule has 4 nitrogen and oxygen atoms in total. The van der Waals surface area contributed by atoms with Crippen molar-refractivity contribution in [2.75, 3.05) is 13.1 Å². The molecule has 114 valence electrons. The fourth-order valence-electron chi connectivity index (χ4n) is 2.35. The number of likely N-dealkylation sites (N-methyl/N-ethyl adjacent to an activating group) is 1. The van der Waals surface area contributed by atoms with Crippen LogP contribution in [-0.4, -0.2) is 29.4 Å². The summed E-state index contributed by atoms with van der Waals surface area (Å²) in [4.78, 5) is 15.4. The quantitative estimate of drug-likeness (QED) is 0.838. The minimum absolute atomic E-state index is 0.0875. The van der Waals surface area contributed by atoms with E-state index in [1.54, 1.807) is 0 Å². The Balaban J connectivity index is 1.89. The number of thiophene rings is 1. The fraction of sp³-hybridized carbons (Fsp3) is 0.600. The van der Waals surface area contributed by atoms with Crippen molar-refractivity contribution in [1.29, 1.82) is 5.26 Å². The summed E-state index contributed by atoms with van der Waals surface area (Å²) < 4.78 is 0.760. The highest BCUT2D eigenvalue weighted by Crippen LogP contribution is 2.39. The van der Waals surface area contributed by atoms with Gasteiger partial charge in [-0.1, -0.05) is 18.5 Å². The number of hydrogen-bond donors (Lipinski definition) is 1. The minimum Gasteiger partial charge on any atom is -0.337 e. The van der Waals surface area contributed by atoms with Gasteiger partial charge in [0.15, 0.2) is 0 Å².